The predicted molar refractivity (Wildman–Crippen MR) is 140 cm³/mol. The molecule has 4 heterocycles. The van der Waals surface area contributed by atoms with Gasteiger partial charge in [-0.3, -0.25) is 8.80 Å². The second kappa shape index (κ2) is 5.80. The van der Waals surface area contributed by atoms with Crippen molar-refractivity contribution in [1.29, 1.82) is 0 Å². The molecule has 5 aromatic carbocycles. The highest BCUT2D eigenvalue weighted by Crippen LogP contribution is 2.38. The highest BCUT2D eigenvalue weighted by atomic mass is 16.5. The van der Waals surface area contributed by atoms with E-state index >= 15 is 0 Å². The van der Waals surface area contributed by atoms with E-state index < -0.39 is 0 Å². The average Bonchev–Trinajstić information content (AvgIpc) is 3.60. The molecule has 0 atom stereocenters. The highest BCUT2D eigenvalue weighted by Gasteiger charge is 2.24. The van der Waals surface area contributed by atoms with Crippen LogP contribution in [-0.2, 0) is 0 Å². The second-order valence-electron chi connectivity index (χ2n) is 9.22. The Hall–Kier alpha value is -4.84. The number of fused-ring (bicyclic) bond motifs is 12. The van der Waals surface area contributed by atoms with Gasteiger partial charge in [0, 0.05) is 12.1 Å². The first-order valence-corrected chi connectivity index (χ1v) is 11.6. The van der Waals surface area contributed by atoms with Gasteiger partial charge in [0.25, 0.3) is 0 Å². The fourth-order valence-electron chi connectivity index (χ4n) is 5.83. The summed E-state index contributed by atoms with van der Waals surface area (Å²) in [5.74, 6) is 2.53. The summed E-state index contributed by atoms with van der Waals surface area (Å²) in [5.41, 5.74) is 7.32. The lowest BCUT2D eigenvalue weighted by Crippen LogP contribution is -1.89. The predicted octanol–water partition coefficient (Wildman–Crippen LogP) is 6.45. The van der Waals surface area contributed by atoms with E-state index in [2.05, 4.69) is 98.1 Å². The molecular formula is C29H17N5O. The van der Waals surface area contributed by atoms with Crippen LogP contribution in [0.1, 0.15) is 0 Å². The van der Waals surface area contributed by atoms with E-state index in [1.165, 1.54) is 21.5 Å². The molecule has 0 amide bonds. The maximum absolute atomic E-state index is 5.76. The molecule has 9 aromatic rings. The van der Waals surface area contributed by atoms with Gasteiger partial charge in [-0.25, -0.2) is 14.4 Å². The summed E-state index contributed by atoms with van der Waals surface area (Å²) in [6, 6.07) is 29.8. The Balaban J connectivity index is 1.56. The third-order valence-corrected chi connectivity index (χ3v) is 7.39. The topological polar surface area (TPSA) is 48.2 Å². The SMILES string of the molecule is COc1cc2c3c(c1)n1c4cc5ccccc5cc4nc1n3c1nc3cc4ccccc4cc3n21. The molecular weight excluding hydrogens is 434 g/mol. The van der Waals surface area contributed by atoms with Crippen LogP contribution in [0.2, 0.25) is 0 Å². The van der Waals surface area contributed by atoms with E-state index in [1.54, 1.807) is 7.11 Å². The Kier molecular flexibility index (Phi) is 2.92. The fourth-order valence-corrected chi connectivity index (χ4v) is 5.83. The third-order valence-electron chi connectivity index (χ3n) is 7.39. The molecule has 0 spiro atoms. The van der Waals surface area contributed by atoms with Crippen LogP contribution in [0.4, 0.5) is 0 Å². The van der Waals surface area contributed by atoms with Gasteiger partial charge in [-0.05, 0) is 45.8 Å². The van der Waals surface area contributed by atoms with Gasteiger partial charge in [-0.1, -0.05) is 48.5 Å². The van der Waals surface area contributed by atoms with Crippen molar-refractivity contribution in [2.24, 2.45) is 0 Å². The Labute approximate surface area is 197 Å². The molecule has 0 aliphatic carbocycles. The van der Waals surface area contributed by atoms with Gasteiger partial charge in [0.2, 0.25) is 11.6 Å². The summed E-state index contributed by atoms with van der Waals surface area (Å²) < 4.78 is 12.4. The van der Waals surface area contributed by atoms with Crippen molar-refractivity contribution in [3.8, 4) is 5.75 Å². The molecule has 0 aliphatic rings. The number of nitrogens with zero attached hydrogens (tertiary/aromatic N) is 5. The third kappa shape index (κ3) is 2.02. The molecule has 6 nitrogen and oxygen atoms in total. The van der Waals surface area contributed by atoms with E-state index in [0.29, 0.717) is 0 Å². The molecule has 0 N–H and O–H groups in total. The average molecular weight is 451 g/mol. The Bertz CT molecular complexity index is 2160. The molecule has 0 radical (unpaired) electrons. The number of benzene rings is 5. The van der Waals surface area contributed by atoms with Crippen LogP contribution in [-0.4, -0.2) is 30.3 Å². The van der Waals surface area contributed by atoms with Crippen LogP contribution >= 0.6 is 0 Å². The quantitative estimate of drug-likeness (QED) is 0.288. The summed E-state index contributed by atoms with van der Waals surface area (Å²) in [7, 11) is 1.72. The van der Waals surface area contributed by atoms with Crippen LogP contribution in [0.25, 0.3) is 71.7 Å². The van der Waals surface area contributed by atoms with E-state index in [0.717, 1.165) is 55.9 Å². The van der Waals surface area contributed by atoms with Crippen LogP contribution in [0.5, 0.6) is 5.75 Å². The van der Waals surface area contributed by atoms with Crippen LogP contribution < -0.4 is 4.74 Å². The first-order valence-electron chi connectivity index (χ1n) is 11.6. The van der Waals surface area contributed by atoms with Gasteiger partial charge < -0.3 is 4.74 Å². The standard InChI is InChI=1S/C29H17N5O/c1-35-20-14-25-27-26(15-20)33-24-13-19-9-5-3-7-17(19)11-22(24)31-29(33)34(27)28-30-21-10-16-6-2-4-8-18(16)12-23(21)32(25)28/h2-15H,1H3. The number of imidazole rings is 4. The molecule has 0 aliphatic heterocycles. The van der Waals surface area contributed by atoms with Gasteiger partial charge >= 0.3 is 0 Å². The van der Waals surface area contributed by atoms with Gasteiger partial charge in [-0.15, -0.1) is 0 Å². The van der Waals surface area contributed by atoms with E-state index in [-0.39, 0.29) is 0 Å². The lowest BCUT2D eigenvalue weighted by molar-refractivity contribution is 0.415. The van der Waals surface area contributed by atoms with Gasteiger partial charge in [0.1, 0.15) is 11.3 Å². The summed E-state index contributed by atoms with van der Waals surface area (Å²) in [6.45, 7) is 0. The minimum absolute atomic E-state index is 0.810. The summed E-state index contributed by atoms with van der Waals surface area (Å²) in [6.07, 6.45) is 0. The molecule has 35 heavy (non-hydrogen) atoms. The van der Waals surface area contributed by atoms with E-state index in [1.807, 2.05) is 0 Å². The molecule has 4 aromatic heterocycles. The van der Waals surface area contributed by atoms with Crippen molar-refractivity contribution in [1.82, 2.24) is 23.2 Å². The van der Waals surface area contributed by atoms with E-state index in [9.17, 15) is 0 Å². The maximum atomic E-state index is 5.76. The van der Waals surface area contributed by atoms with Crippen molar-refractivity contribution >= 4 is 71.7 Å². The number of rotatable bonds is 1. The van der Waals surface area contributed by atoms with Crippen LogP contribution in [0.3, 0.4) is 0 Å². The molecule has 164 valence electrons. The highest BCUT2D eigenvalue weighted by molar-refractivity contribution is 6.07. The molecule has 9 rings (SSSR count). The van der Waals surface area contributed by atoms with Crippen molar-refractivity contribution in [3.05, 3.63) is 84.9 Å². The number of hydrogen-bond donors (Lipinski definition) is 0. The van der Waals surface area contributed by atoms with Gasteiger partial charge in [-0.2, -0.15) is 0 Å². The zero-order chi connectivity index (χ0) is 22.8. The zero-order valence-electron chi connectivity index (χ0n) is 18.7. The summed E-state index contributed by atoms with van der Waals surface area (Å²) in [5, 5.41) is 4.76. The fraction of sp³-hybridized carbons (Fsp3) is 0.0345. The molecule has 0 bridgehead atoms. The van der Waals surface area contributed by atoms with Crippen molar-refractivity contribution in [2.75, 3.05) is 7.11 Å². The zero-order valence-corrected chi connectivity index (χ0v) is 18.7. The number of methoxy groups -OCH3 is 1. The van der Waals surface area contributed by atoms with Crippen LogP contribution in [0, 0.1) is 0 Å². The minimum Gasteiger partial charge on any atom is -0.497 e. The first-order chi connectivity index (χ1) is 17.3. The first kappa shape index (κ1) is 17.6. The normalized spacial score (nSPS) is 12.7. The lowest BCUT2D eigenvalue weighted by Gasteiger charge is -2.04. The maximum Gasteiger partial charge on any atom is 0.223 e. The Morgan fingerprint density at radius 1 is 0.543 bits per heavy atom. The van der Waals surface area contributed by atoms with Crippen molar-refractivity contribution < 1.29 is 4.74 Å². The van der Waals surface area contributed by atoms with Gasteiger partial charge in [0.15, 0.2) is 0 Å². The van der Waals surface area contributed by atoms with Crippen LogP contribution in [0.15, 0.2) is 84.9 Å². The molecule has 0 saturated heterocycles. The number of hydrogen-bond acceptors (Lipinski definition) is 3. The molecule has 0 fully saturated rings. The lowest BCUT2D eigenvalue weighted by atomic mass is 10.1. The molecule has 0 saturated carbocycles. The molecule has 0 unspecified atom stereocenters. The monoisotopic (exact) mass is 451 g/mol. The van der Waals surface area contributed by atoms with E-state index in [4.69, 9.17) is 14.7 Å². The Morgan fingerprint density at radius 2 is 1.00 bits per heavy atom. The van der Waals surface area contributed by atoms with Crippen molar-refractivity contribution in [3.63, 3.8) is 0 Å². The number of aromatic nitrogens is 5. The number of ether oxygens (including phenoxy) is 1. The molecule has 6 heteroatoms. The van der Waals surface area contributed by atoms with Crippen molar-refractivity contribution in [2.45, 2.75) is 0 Å². The smallest absolute Gasteiger partial charge is 0.223 e. The minimum atomic E-state index is 0.810. The van der Waals surface area contributed by atoms with Gasteiger partial charge in [0.05, 0.1) is 40.2 Å². The Morgan fingerprint density at radius 3 is 1.46 bits per heavy atom. The second-order valence-corrected chi connectivity index (χ2v) is 9.22. The summed E-state index contributed by atoms with van der Waals surface area (Å²) >= 11 is 0. The summed E-state index contributed by atoms with van der Waals surface area (Å²) in [4.78, 5) is 10.2. The largest absolute Gasteiger partial charge is 0.497 e.